The topological polar surface area (TPSA) is 15.3 Å². The van der Waals surface area contributed by atoms with Crippen LogP contribution in [0.2, 0.25) is 0 Å². The van der Waals surface area contributed by atoms with E-state index in [4.69, 9.17) is 0 Å². The van der Waals surface area contributed by atoms with Crippen molar-refractivity contribution in [3.05, 3.63) is 218 Å². The van der Waals surface area contributed by atoms with Crippen molar-refractivity contribution < 1.29 is 0 Å². The summed E-state index contributed by atoms with van der Waals surface area (Å²) in [4.78, 5) is 4.82. The molecule has 13 aromatic rings. The van der Waals surface area contributed by atoms with Crippen LogP contribution in [0.5, 0.6) is 0 Å². The fraction of sp³-hybridized carbons (Fsp3) is 0. The Morgan fingerprint density at radius 2 is 0.550 bits per heavy atom. The molecule has 4 nitrogen and oxygen atoms in total. The minimum absolute atomic E-state index is 1.12. The highest BCUT2D eigenvalue weighted by Crippen LogP contribution is 2.49. The molecule has 0 saturated heterocycles. The molecule has 0 radical (unpaired) electrons. The summed E-state index contributed by atoms with van der Waals surface area (Å²) in [6.45, 7) is 0. The van der Waals surface area contributed by atoms with Gasteiger partial charge < -0.3 is 18.6 Å². The van der Waals surface area contributed by atoms with E-state index in [9.17, 15) is 0 Å². The first-order valence-electron chi connectivity index (χ1n) is 20.6. The van der Waals surface area contributed by atoms with Crippen LogP contribution in [0.15, 0.2) is 218 Å². The zero-order chi connectivity index (χ0) is 39.3. The first-order chi connectivity index (χ1) is 29.8. The van der Waals surface area contributed by atoms with Gasteiger partial charge >= 0.3 is 0 Å². The first kappa shape index (κ1) is 32.9. The van der Waals surface area contributed by atoms with Crippen LogP contribution in [-0.4, -0.2) is 8.80 Å². The van der Waals surface area contributed by atoms with Crippen LogP contribution >= 0.6 is 0 Å². The quantitative estimate of drug-likeness (QED) is 0.157. The largest absolute Gasteiger partial charge is 0.310 e. The molecule has 10 aromatic carbocycles. The maximum absolute atomic E-state index is 2.55. The van der Waals surface area contributed by atoms with Gasteiger partial charge in [0, 0.05) is 55.1 Å². The molecule has 0 saturated carbocycles. The number of hydrogen-bond donors (Lipinski definition) is 0. The van der Waals surface area contributed by atoms with Gasteiger partial charge in [-0.1, -0.05) is 146 Å². The van der Waals surface area contributed by atoms with Gasteiger partial charge in [-0.3, -0.25) is 0 Å². The summed E-state index contributed by atoms with van der Waals surface area (Å²) in [6.07, 6.45) is 0. The number of para-hydroxylation sites is 6. The van der Waals surface area contributed by atoms with Gasteiger partial charge in [0.05, 0.1) is 44.5 Å². The molecule has 0 atom stereocenters. The van der Waals surface area contributed by atoms with E-state index in [2.05, 4.69) is 237 Å². The van der Waals surface area contributed by atoms with Gasteiger partial charge in [-0.2, -0.15) is 0 Å². The zero-order valence-electron chi connectivity index (χ0n) is 32.6. The minimum Gasteiger partial charge on any atom is -0.310 e. The summed E-state index contributed by atoms with van der Waals surface area (Å²) in [6, 6.07) is 79.5. The highest BCUT2D eigenvalue weighted by Gasteiger charge is 2.26. The van der Waals surface area contributed by atoms with Gasteiger partial charge in [-0.15, -0.1) is 0 Å². The summed E-state index contributed by atoms with van der Waals surface area (Å²) < 4.78 is 5.10. The molecule has 4 heteroatoms. The molecule has 0 aliphatic carbocycles. The second-order valence-electron chi connectivity index (χ2n) is 15.7. The van der Waals surface area contributed by atoms with E-state index >= 15 is 0 Å². The van der Waals surface area contributed by atoms with E-state index < -0.39 is 0 Å². The molecule has 0 unspecified atom stereocenters. The molecule has 0 spiro atoms. The Morgan fingerprint density at radius 1 is 0.250 bits per heavy atom. The molecule has 280 valence electrons. The van der Waals surface area contributed by atoms with Crippen molar-refractivity contribution in [3.63, 3.8) is 0 Å². The van der Waals surface area contributed by atoms with Crippen molar-refractivity contribution in [2.45, 2.75) is 0 Å². The normalized spacial score (nSPS) is 12.0. The van der Waals surface area contributed by atoms with Crippen molar-refractivity contribution >= 4 is 110 Å². The lowest BCUT2D eigenvalue weighted by Crippen LogP contribution is -2.10. The van der Waals surface area contributed by atoms with E-state index in [0.29, 0.717) is 0 Å². The fourth-order valence-electron chi connectivity index (χ4n) is 10.2. The third-order valence-corrected chi connectivity index (χ3v) is 12.5. The SMILES string of the molecule is c1ccc(N(c2ccccc2)c2cc3c(c4ccccc24)c2cccc4c2n3c2cccc3c5c6ccccc6c(N(c6ccccc6)c6ccccc6)cc5n4c32)cc1. The smallest absolute Gasteiger partial charge is 0.0783 e. The lowest BCUT2D eigenvalue weighted by atomic mass is 10.00. The van der Waals surface area contributed by atoms with Gasteiger partial charge in [-0.05, 0) is 83.6 Å². The summed E-state index contributed by atoms with van der Waals surface area (Å²) in [5, 5.41) is 9.93. The number of fused-ring (bicyclic) bond motifs is 12. The molecule has 0 amide bonds. The number of rotatable bonds is 6. The molecule has 0 bridgehead atoms. The van der Waals surface area contributed by atoms with Crippen molar-refractivity contribution in [2.75, 3.05) is 9.80 Å². The van der Waals surface area contributed by atoms with Gasteiger partial charge in [0.25, 0.3) is 0 Å². The van der Waals surface area contributed by atoms with Crippen molar-refractivity contribution in [1.29, 1.82) is 0 Å². The van der Waals surface area contributed by atoms with Crippen molar-refractivity contribution in [2.24, 2.45) is 0 Å². The molecular formula is C56H36N4. The summed E-state index contributed by atoms with van der Waals surface area (Å²) in [5.74, 6) is 0. The Bertz CT molecular complexity index is 3430. The minimum atomic E-state index is 1.12. The Labute approximate surface area is 345 Å². The van der Waals surface area contributed by atoms with Gasteiger partial charge in [-0.25, -0.2) is 0 Å². The van der Waals surface area contributed by atoms with Crippen LogP contribution in [0.3, 0.4) is 0 Å². The van der Waals surface area contributed by atoms with Crippen LogP contribution < -0.4 is 9.80 Å². The third-order valence-electron chi connectivity index (χ3n) is 12.5. The molecule has 0 aliphatic rings. The van der Waals surface area contributed by atoms with Crippen LogP contribution in [0.4, 0.5) is 34.1 Å². The summed E-state index contributed by atoms with van der Waals surface area (Å²) >= 11 is 0. The summed E-state index contributed by atoms with van der Waals surface area (Å²) in [5.41, 5.74) is 14.0. The van der Waals surface area contributed by atoms with Crippen molar-refractivity contribution in [3.8, 4) is 0 Å². The van der Waals surface area contributed by atoms with Crippen LogP contribution in [-0.2, 0) is 0 Å². The van der Waals surface area contributed by atoms with Crippen LogP contribution in [0.1, 0.15) is 0 Å². The zero-order valence-corrected chi connectivity index (χ0v) is 32.6. The Morgan fingerprint density at radius 3 is 0.900 bits per heavy atom. The predicted molar refractivity (Wildman–Crippen MR) is 254 cm³/mol. The average molecular weight is 765 g/mol. The Balaban J connectivity index is 1.20. The molecule has 0 fully saturated rings. The number of nitrogens with zero attached hydrogens (tertiary/aromatic N) is 4. The number of benzene rings is 10. The maximum Gasteiger partial charge on any atom is 0.0783 e. The molecular weight excluding hydrogens is 729 g/mol. The predicted octanol–water partition coefficient (Wildman–Crippen LogP) is 15.5. The molecule has 0 aliphatic heterocycles. The number of anilines is 6. The number of aromatic nitrogens is 2. The van der Waals surface area contributed by atoms with E-state index in [1.165, 1.54) is 76.2 Å². The Hall–Kier alpha value is -8.08. The average Bonchev–Trinajstić information content (AvgIpc) is 3.84. The van der Waals surface area contributed by atoms with Gasteiger partial charge in [0.2, 0.25) is 0 Å². The standard InChI is InChI=1S/C56H36N4/c1-5-19-37(20-6-1)57(38-21-7-2-8-22-38)49-35-51-53(43-29-15-13-27-41(43)49)45-31-17-34-48-55(45)59(51)47-33-18-32-46-54-44-30-16-14-28-42(44)50(36-52(54)60(48)56(46)47)58(39-23-9-3-10-24-39)40-25-11-4-12-26-40/h1-36H. The van der Waals surface area contributed by atoms with E-state index in [0.717, 1.165) is 34.1 Å². The lowest BCUT2D eigenvalue weighted by molar-refractivity contribution is 1.25. The highest BCUT2D eigenvalue weighted by atomic mass is 15.2. The van der Waals surface area contributed by atoms with E-state index in [1.54, 1.807) is 0 Å². The van der Waals surface area contributed by atoms with Crippen LogP contribution in [0.25, 0.3) is 76.2 Å². The van der Waals surface area contributed by atoms with Gasteiger partial charge in [0.1, 0.15) is 0 Å². The summed E-state index contributed by atoms with van der Waals surface area (Å²) in [7, 11) is 0. The van der Waals surface area contributed by atoms with Gasteiger partial charge in [0.15, 0.2) is 0 Å². The third kappa shape index (κ3) is 4.56. The molecule has 60 heavy (non-hydrogen) atoms. The Kier molecular flexibility index (Phi) is 6.98. The molecule has 0 N–H and O–H groups in total. The molecule has 3 heterocycles. The van der Waals surface area contributed by atoms with E-state index in [-0.39, 0.29) is 0 Å². The van der Waals surface area contributed by atoms with Crippen molar-refractivity contribution in [1.82, 2.24) is 8.80 Å². The lowest BCUT2D eigenvalue weighted by Gasteiger charge is -2.27. The fourth-order valence-corrected chi connectivity index (χ4v) is 10.2. The maximum atomic E-state index is 2.55. The van der Waals surface area contributed by atoms with Crippen LogP contribution in [0, 0.1) is 0 Å². The first-order valence-corrected chi connectivity index (χ1v) is 20.6. The molecule has 13 rings (SSSR count). The second-order valence-corrected chi connectivity index (χ2v) is 15.7. The van der Waals surface area contributed by atoms with E-state index in [1.807, 2.05) is 0 Å². The molecule has 3 aromatic heterocycles. The monoisotopic (exact) mass is 764 g/mol. The highest BCUT2D eigenvalue weighted by molar-refractivity contribution is 6.31. The number of hydrogen-bond acceptors (Lipinski definition) is 2. The second kappa shape index (κ2) is 12.7.